The average Bonchev–Trinajstić information content (AvgIpc) is 3.18. The van der Waals surface area contributed by atoms with E-state index in [4.69, 9.17) is 11.6 Å². The van der Waals surface area contributed by atoms with Gasteiger partial charge in [0, 0.05) is 18.1 Å². The number of alkyl halides is 1. The smallest absolute Gasteiger partial charge is 0.319 e. The van der Waals surface area contributed by atoms with Gasteiger partial charge in [-0.15, -0.1) is 0 Å². The molecule has 0 saturated carbocycles. The molecule has 0 spiro atoms. The highest BCUT2D eigenvalue weighted by molar-refractivity contribution is 6.30. The largest absolute Gasteiger partial charge is 0.354 e. The number of carbonyl (C=O) groups is 2. The number of hydrogen-bond acceptors (Lipinski definition) is 4. The lowest BCUT2D eigenvalue weighted by Gasteiger charge is -2.32. The standard InChI is InChI=1S/C21H22ClF2N5O2/c22-13-3-5-17(16(24)10-13)26-21(31)27-18-2-1-8-29(20(18)30)15-4-6-19(25-11-15)28-9-7-14(23)12-28/h3-6,10-11,14,18H,1-2,7-9,12H2,(H2,26,27,31). The van der Waals surface area contributed by atoms with E-state index in [1.807, 2.05) is 4.90 Å². The molecule has 2 fully saturated rings. The van der Waals surface area contributed by atoms with Crippen molar-refractivity contribution in [2.24, 2.45) is 0 Å². The van der Waals surface area contributed by atoms with Crippen LogP contribution in [0.1, 0.15) is 19.3 Å². The van der Waals surface area contributed by atoms with E-state index in [0.717, 1.165) is 6.07 Å². The maximum absolute atomic E-state index is 13.9. The van der Waals surface area contributed by atoms with Gasteiger partial charge in [0.1, 0.15) is 23.8 Å². The number of halogens is 3. The molecule has 2 aliphatic heterocycles. The zero-order valence-electron chi connectivity index (χ0n) is 16.7. The molecule has 0 radical (unpaired) electrons. The van der Waals surface area contributed by atoms with Crippen LogP contribution in [-0.2, 0) is 4.79 Å². The predicted molar refractivity (Wildman–Crippen MR) is 115 cm³/mol. The number of amides is 3. The van der Waals surface area contributed by atoms with Crippen LogP contribution in [0, 0.1) is 5.82 Å². The SMILES string of the molecule is O=C(Nc1ccc(Cl)cc1F)NC1CCCN(c2ccc(N3CCC(F)C3)nc2)C1=O. The lowest BCUT2D eigenvalue weighted by molar-refractivity contribution is -0.121. The van der Waals surface area contributed by atoms with Gasteiger partial charge in [-0.05, 0) is 49.6 Å². The van der Waals surface area contributed by atoms with Crippen molar-refractivity contribution in [2.75, 3.05) is 34.8 Å². The van der Waals surface area contributed by atoms with E-state index in [1.165, 1.54) is 12.1 Å². The molecular formula is C21H22ClF2N5O2. The summed E-state index contributed by atoms with van der Waals surface area (Å²) in [6.07, 6.45) is 2.39. The number of hydrogen-bond donors (Lipinski definition) is 2. The number of carbonyl (C=O) groups excluding carboxylic acids is 2. The summed E-state index contributed by atoms with van der Waals surface area (Å²) in [7, 11) is 0. The third-order valence-corrected chi connectivity index (χ3v) is 5.66. The number of pyridine rings is 1. The van der Waals surface area contributed by atoms with Crippen molar-refractivity contribution in [3.63, 3.8) is 0 Å². The van der Waals surface area contributed by atoms with Crippen LogP contribution in [0.4, 0.5) is 30.8 Å². The molecule has 2 saturated heterocycles. The van der Waals surface area contributed by atoms with Crippen molar-refractivity contribution in [3.8, 4) is 0 Å². The van der Waals surface area contributed by atoms with Crippen molar-refractivity contribution in [3.05, 3.63) is 47.4 Å². The summed E-state index contributed by atoms with van der Waals surface area (Å²) in [4.78, 5) is 33.0. The summed E-state index contributed by atoms with van der Waals surface area (Å²) in [6, 6.07) is 6.03. The molecule has 31 heavy (non-hydrogen) atoms. The van der Waals surface area contributed by atoms with Gasteiger partial charge in [-0.25, -0.2) is 18.6 Å². The van der Waals surface area contributed by atoms with Crippen LogP contribution < -0.4 is 20.4 Å². The molecule has 2 N–H and O–H groups in total. The zero-order valence-corrected chi connectivity index (χ0v) is 17.4. The molecule has 7 nitrogen and oxygen atoms in total. The van der Waals surface area contributed by atoms with Crippen LogP contribution >= 0.6 is 11.6 Å². The predicted octanol–water partition coefficient (Wildman–Crippen LogP) is 3.74. The molecule has 1 aromatic carbocycles. The number of rotatable bonds is 4. The Hall–Kier alpha value is -2.94. The quantitative estimate of drug-likeness (QED) is 0.745. The van der Waals surface area contributed by atoms with Gasteiger partial charge in [-0.2, -0.15) is 0 Å². The molecule has 0 bridgehead atoms. The Balaban J connectivity index is 1.39. The summed E-state index contributed by atoms with van der Waals surface area (Å²) in [5, 5.41) is 5.23. The van der Waals surface area contributed by atoms with Crippen LogP contribution in [0.5, 0.6) is 0 Å². The minimum atomic E-state index is -0.843. The molecular weight excluding hydrogens is 428 g/mol. The Bertz CT molecular complexity index is 975. The van der Waals surface area contributed by atoms with Gasteiger partial charge < -0.3 is 20.4 Å². The fraction of sp³-hybridized carbons (Fsp3) is 0.381. The first kappa shape index (κ1) is 21.3. The van der Waals surface area contributed by atoms with Crippen LogP contribution in [0.3, 0.4) is 0 Å². The molecule has 2 aliphatic rings. The van der Waals surface area contributed by atoms with Crippen molar-refractivity contribution < 1.29 is 18.4 Å². The van der Waals surface area contributed by atoms with Gasteiger partial charge >= 0.3 is 6.03 Å². The Labute approximate surface area is 183 Å². The van der Waals surface area contributed by atoms with E-state index in [1.54, 1.807) is 23.2 Å². The third kappa shape index (κ3) is 4.87. The Morgan fingerprint density at radius 3 is 2.71 bits per heavy atom. The van der Waals surface area contributed by atoms with Crippen molar-refractivity contribution in [1.29, 1.82) is 0 Å². The molecule has 2 aromatic rings. The summed E-state index contributed by atoms with van der Waals surface area (Å²) < 4.78 is 27.3. The van der Waals surface area contributed by atoms with E-state index >= 15 is 0 Å². The third-order valence-electron chi connectivity index (χ3n) is 5.42. The number of aromatic nitrogens is 1. The Kier molecular flexibility index (Phi) is 6.22. The molecule has 0 aliphatic carbocycles. The fourth-order valence-corrected chi connectivity index (χ4v) is 3.98. The first-order chi connectivity index (χ1) is 14.9. The van der Waals surface area contributed by atoms with Gasteiger partial charge in [0.05, 0.1) is 24.1 Å². The fourth-order valence-electron chi connectivity index (χ4n) is 3.82. The van der Waals surface area contributed by atoms with Gasteiger partial charge in [0.15, 0.2) is 0 Å². The van der Waals surface area contributed by atoms with Gasteiger partial charge in [0.25, 0.3) is 0 Å². The topological polar surface area (TPSA) is 77.6 Å². The number of piperidine rings is 1. The second-order valence-electron chi connectivity index (χ2n) is 7.61. The molecule has 3 heterocycles. The highest BCUT2D eigenvalue weighted by atomic mass is 35.5. The van der Waals surface area contributed by atoms with Gasteiger partial charge in [-0.1, -0.05) is 11.6 Å². The van der Waals surface area contributed by atoms with E-state index in [0.29, 0.717) is 50.4 Å². The molecule has 1 aromatic heterocycles. The Morgan fingerprint density at radius 2 is 2.03 bits per heavy atom. The number of nitrogens with one attached hydrogen (secondary N) is 2. The summed E-state index contributed by atoms with van der Waals surface area (Å²) >= 11 is 5.71. The second kappa shape index (κ2) is 9.05. The maximum atomic E-state index is 13.9. The highest BCUT2D eigenvalue weighted by Gasteiger charge is 2.31. The van der Waals surface area contributed by atoms with Crippen molar-refractivity contribution >= 4 is 40.7 Å². The number of nitrogens with zero attached hydrogens (tertiary/aromatic N) is 3. The molecule has 3 amide bonds. The van der Waals surface area contributed by atoms with Crippen LogP contribution in [0.25, 0.3) is 0 Å². The van der Waals surface area contributed by atoms with Crippen LogP contribution in [-0.4, -0.2) is 48.8 Å². The molecule has 2 atom stereocenters. The van der Waals surface area contributed by atoms with Gasteiger partial charge in [-0.3, -0.25) is 4.79 Å². The lowest BCUT2D eigenvalue weighted by atomic mass is 10.0. The highest BCUT2D eigenvalue weighted by Crippen LogP contribution is 2.25. The zero-order chi connectivity index (χ0) is 22.0. The lowest BCUT2D eigenvalue weighted by Crippen LogP contribution is -2.53. The number of benzene rings is 1. The summed E-state index contributed by atoms with van der Waals surface area (Å²) in [5.74, 6) is -0.257. The van der Waals surface area contributed by atoms with E-state index in [-0.39, 0.29) is 16.6 Å². The van der Waals surface area contributed by atoms with E-state index < -0.39 is 24.1 Å². The molecule has 164 valence electrons. The average molecular weight is 450 g/mol. The maximum Gasteiger partial charge on any atom is 0.319 e. The molecule has 4 rings (SSSR count). The van der Waals surface area contributed by atoms with E-state index in [9.17, 15) is 18.4 Å². The molecule has 10 heteroatoms. The van der Waals surface area contributed by atoms with Crippen LogP contribution in [0.2, 0.25) is 5.02 Å². The van der Waals surface area contributed by atoms with Crippen LogP contribution in [0.15, 0.2) is 36.5 Å². The minimum absolute atomic E-state index is 0.0285. The first-order valence-electron chi connectivity index (χ1n) is 10.1. The normalized spacial score (nSPS) is 21.3. The minimum Gasteiger partial charge on any atom is -0.354 e. The first-order valence-corrected chi connectivity index (χ1v) is 10.5. The van der Waals surface area contributed by atoms with Crippen molar-refractivity contribution in [2.45, 2.75) is 31.5 Å². The Morgan fingerprint density at radius 1 is 1.19 bits per heavy atom. The molecule has 2 unspecified atom stereocenters. The summed E-state index contributed by atoms with van der Waals surface area (Å²) in [5.41, 5.74) is 0.583. The second-order valence-corrected chi connectivity index (χ2v) is 8.05. The number of urea groups is 1. The summed E-state index contributed by atoms with van der Waals surface area (Å²) in [6.45, 7) is 1.44. The monoisotopic (exact) mass is 449 g/mol. The number of anilines is 3. The van der Waals surface area contributed by atoms with Crippen molar-refractivity contribution in [1.82, 2.24) is 10.3 Å². The van der Waals surface area contributed by atoms with Gasteiger partial charge in [0.2, 0.25) is 5.91 Å². The van der Waals surface area contributed by atoms with E-state index in [2.05, 4.69) is 15.6 Å².